The van der Waals surface area contributed by atoms with Crippen LogP contribution in [0.5, 0.6) is 0 Å². The third-order valence-corrected chi connectivity index (χ3v) is 4.97. The molecule has 2 heteroatoms. The molecule has 0 amide bonds. The van der Waals surface area contributed by atoms with Crippen molar-refractivity contribution in [3.8, 4) is 0 Å². The molecule has 1 atom stereocenters. The fourth-order valence-corrected chi connectivity index (χ4v) is 3.56. The fraction of sp³-hybridized carbons (Fsp3) is 0.692. The summed E-state index contributed by atoms with van der Waals surface area (Å²) in [6, 6.07) is 4.25. The lowest BCUT2D eigenvalue weighted by Crippen LogP contribution is -2.06. The summed E-state index contributed by atoms with van der Waals surface area (Å²) in [5.41, 5.74) is 0. The maximum atomic E-state index is 6.38. The first-order valence-electron chi connectivity index (χ1n) is 6.04. The molecular formula is C13H19ClS. The van der Waals surface area contributed by atoms with Crippen LogP contribution in [-0.4, -0.2) is 0 Å². The summed E-state index contributed by atoms with van der Waals surface area (Å²) in [4.78, 5) is 1.34. The van der Waals surface area contributed by atoms with Gasteiger partial charge in [-0.3, -0.25) is 0 Å². The summed E-state index contributed by atoms with van der Waals surface area (Å²) in [5.74, 6) is 0.958. The van der Waals surface area contributed by atoms with E-state index in [2.05, 4.69) is 17.5 Å². The Morgan fingerprint density at radius 2 is 2.13 bits per heavy atom. The van der Waals surface area contributed by atoms with Crippen LogP contribution >= 0.6 is 22.9 Å². The quantitative estimate of drug-likeness (QED) is 0.621. The lowest BCUT2D eigenvalue weighted by Gasteiger charge is -2.22. The topological polar surface area (TPSA) is 0 Å². The van der Waals surface area contributed by atoms with Crippen molar-refractivity contribution in [3.63, 3.8) is 0 Å². The molecule has 1 unspecified atom stereocenters. The van der Waals surface area contributed by atoms with Gasteiger partial charge >= 0.3 is 0 Å². The predicted octanol–water partition coefficient (Wildman–Crippen LogP) is 5.39. The molecule has 0 aliphatic heterocycles. The standard InChI is InChI=1S/C13H19ClS/c14-12(13-7-4-10-15-13)9-8-11-5-2-1-3-6-11/h4,7,10-12H,1-3,5-6,8-9H2. The van der Waals surface area contributed by atoms with Gasteiger partial charge in [0.25, 0.3) is 0 Å². The van der Waals surface area contributed by atoms with Gasteiger partial charge in [-0.05, 0) is 30.2 Å². The zero-order valence-electron chi connectivity index (χ0n) is 9.12. The molecule has 0 aromatic carbocycles. The third kappa shape index (κ3) is 3.49. The highest BCUT2D eigenvalue weighted by Crippen LogP contribution is 2.34. The largest absolute Gasteiger partial charge is 0.147 e. The SMILES string of the molecule is ClC(CCC1CCCCC1)c1cccs1. The van der Waals surface area contributed by atoms with Crippen molar-refractivity contribution < 1.29 is 0 Å². The smallest absolute Gasteiger partial charge is 0.0678 e. The Kier molecular flexibility index (Phi) is 4.52. The average molecular weight is 243 g/mol. The maximum Gasteiger partial charge on any atom is 0.0678 e. The van der Waals surface area contributed by atoms with E-state index < -0.39 is 0 Å². The fourth-order valence-electron chi connectivity index (χ4n) is 2.47. The molecule has 1 heterocycles. The second-order valence-electron chi connectivity index (χ2n) is 4.56. The molecule has 15 heavy (non-hydrogen) atoms. The van der Waals surface area contributed by atoms with Crippen molar-refractivity contribution in [1.82, 2.24) is 0 Å². The molecule has 0 saturated heterocycles. The molecule has 84 valence electrons. The van der Waals surface area contributed by atoms with E-state index in [-0.39, 0.29) is 5.38 Å². The van der Waals surface area contributed by atoms with Crippen LogP contribution in [0.15, 0.2) is 17.5 Å². The summed E-state index contributed by atoms with van der Waals surface area (Å²) in [7, 11) is 0. The van der Waals surface area contributed by atoms with Crippen LogP contribution in [0, 0.1) is 5.92 Å². The van der Waals surface area contributed by atoms with Crippen LogP contribution in [0.1, 0.15) is 55.2 Å². The highest BCUT2D eigenvalue weighted by Gasteiger charge is 2.16. The van der Waals surface area contributed by atoms with E-state index in [1.807, 2.05) is 0 Å². The summed E-state index contributed by atoms with van der Waals surface area (Å²) in [5, 5.41) is 2.37. The lowest BCUT2D eigenvalue weighted by atomic mass is 9.86. The highest BCUT2D eigenvalue weighted by atomic mass is 35.5. The van der Waals surface area contributed by atoms with Gasteiger partial charge in [0.15, 0.2) is 0 Å². The number of thiophene rings is 1. The molecule has 1 aliphatic rings. The van der Waals surface area contributed by atoms with Crippen LogP contribution in [0.3, 0.4) is 0 Å². The molecule has 0 nitrogen and oxygen atoms in total. The van der Waals surface area contributed by atoms with Crippen LogP contribution in [0.4, 0.5) is 0 Å². The van der Waals surface area contributed by atoms with Gasteiger partial charge in [-0.2, -0.15) is 0 Å². The minimum Gasteiger partial charge on any atom is -0.147 e. The Morgan fingerprint density at radius 3 is 2.80 bits per heavy atom. The van der Waals surface area contributed by atoms with Gasteiger partial charge in [0.2, 0.25) is 0 Å². The molecule has 1 saturated carbocycles. The lowest BCUT2D eigenvalue weighted by molar-refractivity contribution is 0.331. The van der Waals surface area contributed by atoms with Crippen molar-refractivity contribution >= 4 is 22.9 Å². The van der Waals surface area contributed by atoms with Crippen LogP contribution in [0.25, 0.3) is 0 Å². The minimum absolute atomic E-state index is 0.256. The average Bonchev–Trinajstić information content (AvgIpc) is 2.81. The Balaban J connectivity index is 1.73. The molecule has 0 bridgehead atoms. The van der Waals surface area contributed by atoms with E-state index >= 15 is 0 Å². The van der Waals surface area contributed by atoms with E-state index in [0.29, 0.717) is 0 Å². The van der Waals surface area contributed by atoms with Gasteiger partial charge in [0.05, 0.1) is 5.38 Å². The number of rotatable bonds is 4. The predicted molar refractivity (Wildman–Crippen MR) is 68.7 cm³/mol. The van der Waals surface area contributed by atoms with Crippen LogP contribution < -0.4 is 0 Å². The first-order chi connectivity index (χ1) is 7.36. The van der Waals surface area contributed by atoms with Gasteiger partial charge < -0.3 is 0 Å². The number of hydrogen-bond acceptors (Lipinski definition) is 1. The summed E-state index contributed by atoms with van der Waals surface area (Å²) in [6.07, 6.45) is 9.69. The van der Waals surface area contributed by atoms with Gasteiger partial charge in [0.1, 0.15) is 0 Å². The van der Waals surface area contributed by atoms with E-state index in [4.69, 9.17) is 11.6 Å². The van der Waals surface area contributed by atoms with E-state index in [9.17, 15) is 0 Å². The molecule has 1 aromatic rings. The zero-order chi connectivity index (χ0) is 10.5. The first kappa shape index (κ1) is 11.5. The molecule has 1 aromatic heterocycles. The molecule has 2 rings (SSSR count). The van der Waals surface area contributed by atoms with Gasteiger partial charge in [0, 0.05) is 4.88 Å². The van der Waals surface area contributed by atoms with E-state index in [0.717, 1.165) is 12.3 Å². The maximum absolute atomic E-state index is 6.38. The second-order valence-corrected chi connectivity index (χ2v) is 6.07. The molecule has 1 fully saturated rings. The van der Waals surface area contributed by atoms with Crippen LogP contribution in [0.2, 0.25) is 0 Å². The van der Waals surface area contributed by atoms with Crippen molar-refractivity contribution in [2.45, 2.75) is 50.3 Å². The van der Waals surface area contributed by atoms with Gasteiger partial charge in [-0.25, -0.2) is 0 Å². The first-order valence-corrected chi connectivity index (χ1v) is 7.35. The summed E-state index contributed by atoms with van der Waals surface area (Å²) >= 11 is 8.16. The summed E-state index contributed by atoms with van der Waals surface area (Å²) < 4.78 is 0. The molecule has 1 aliphatic carbocycles. The van der Waals surface area contributed by atoms with Gasteiger partial charge in [-0.15, -0.1) is 22.9 Å². The zero-order valence-corrected chi connectivity index (χ0v) is 10.7. The Hall–Kier alpha value is -0.0100. The number of alkyl halides is 1. The molecular weight excluding hydrogens is 224 g/mol. The van der Waals surface area contributed by atoms with E-state index in [1.165, 1.54) is 43.4 Å². The Bertz CT molecular complexity index is 262. The van der Waals surface area contributed by atoms with Crippen molar-refractivity contribution in [2.75, 3.05) is 0 Å². The molecule has 0 spiro atoms. The second kappa shape index (κ2) is 5.91. The van der Waals surface area contributed by atoms with Gasteiger partial charge in [-0.1, -0.05) is 38.2 Å². The third-order valence-electron chi connectivity index (χ3n) is 3.41. The molecule has 0 radical (unpaired) electrons. The Morgan fingerprint density at radius 1 is 1.33 bits per heavy atom. The van der Waals surface area contributed by atoms with Crippen molar-refractivity contribution in [3.05, 3.63) is 22.4 Å². The summed E-state index contributed by atoms with van der Waals surface area (Å²) in [6.45, 7) is 0. The van der Waals surface area contributed by atoms with Crippen LogP contribution in [-0.2, 0) is 0 Å². The molecule has 0 N–H and O–H groups in total. The van der Waals surface area contributed by atoms with Crippen molar-refractivity contribution in [1.29, 1.82) is 0 Å². The highest BCUT2D eigenvalue weighted by molar-refractivity contribution is 7.10. The van der Waals surface area contributed by atoms with Crippen molar-refractivity contribution in [2.24, 2.45) is 5.92 Å². The normalized spacial score (nSPS) is 20.3. The Labute approximate surface area is 102 Å². The number of hydrogen-bond donors (Lipinski definition) is 0. The minimum atomic E-state index is 0.256. The van der Waals surface area contributed by atoms with E-state index in [1.54, 1.807) is 11.3 Å². The monoisotopic (exact) mass is 242 g/mol. The number of halogens is 1.